The molecule has 0 aromatic carbocycles. The first-order valence-electron chi connectivity index (χ1n) is 7.77. The summed E-state index contributed by atoms with van der Waals surface area (Å²) in [5.74, 6) is -1.86. The standard InChI is InChI=1S/C16H25NO4/c1-9(2)5-4-6-10(3)17-15(18)13-11-7-8-12(21-11)14(13)16(19)20/h7-14H,4-6H2,1-3H3,(H,17,18)(H,19,20)/t10-,11-,12-,13-,14-/m0/s1. The van der Waals surface area contributed by atoms with E-state index in [1.54, 1.807) is 12.2 Å². The maximum atomic E-state index is 12.4. The van der Waals surface area contributed by atoms with E-state index in [0.29, 0.717) is 5.92 Å². The summed E-state index contributed by atoms with van der Waals surface area (Å²) in [5, 5.41) is 12.2. The van der Waals surface area contributed by atoms with Crippen molar-refractivity contribution in [3.8, 4) is 0 Å². The zero-order valence-corrected chi connectivity index (χ0v) is 12.9. The minimum absolute atomic E-state index is 0.0637. The third-order valence-electron chi connectivity index (χ3n) is 4.29. The second-order valence-electron chi connectivity index (χ2n) is 6.57. The Kier molecular flexibility index (Phi) is 5.04. The third-order valence-corrected chi connectivity index (χ3v) is 4.29. The molecule has 1 fully saturated rings. The highest BCUT2D eigenvalue weighted by Crippen LogP contribution is 2.39. The average Bonchev–Trinajstić information content (AvgIpc) is 2.97. The summed E-state index contributed by atoms with van der Waals surface area (Å²) in [6.45, 7) is 6.33. The summed E-state index contributed by atoms with van der Waals surface area (Å²) in [4.78, 5) is 23.7. The molecule has 2 rings (SSSR count). The third kappa shape index (κ3) is 3.64. The molecule has 0 unspecified atom stereocenters. The van der Waals surface area contributed by atoms with Gasteiger partial charge in [0.2, 0.25) is 5.91 Å². The predicted octanol–water partition coefficient (Wildman–Crippen LogP) is 1.97. The van der Waals surface area contributed by atoms with Crippen LogP contribution in [-0.4, -0.2) is 35.2 Å². The van der Waals surface area contributed by atoms with Crippen molar-refractivity contribution < 1.29 is 19.4 Å². The number of amides is 1. The van der Waals surface area contributed by atoms with Crippen molar-refractivity contribution in [3.05, 3.63) is 12.2 Å². The lowest BCUT2D eigenvalue weighted by atomic mass is 9.82. The highest BCUT2D eigenvalue weighted by Gasteiger charge is 2.53. The van der Waals surface area contributed by atoms with Gasteiger partial charge in [-0.1, -0.05) is 38.8 Å². The zero-order valence-electron chi connectivity index (χ0n) is 12.9. The van der Waals surface area contributed by atoms with Crippen molar-refractivity contribution in [2.75, 3.05) is 0 Å². The van der Waals surface area contributed by atoms with Crippen molar-refractivity contribution in [2.45, 2.75) is 58.3 Å². The molecule has 0 saturated carbocycles. The number of aliphatic carboxylic acids is 1. The second-order valence-corrected chi connectivity index (χ2v) is 6.57. The quantitative estimate of drug-likeness (QED) is 0.704. The van der Waals surface area contributed by atoms with Gasteiger partial charge in [0.05, 0.1) is 18.1 Å². The number of carboxylic acids is 1. The van der Waals surface area contributed by atoms with Gasteiger partial charge in [-0.05, 0) is 19.3 Å². The van der Waals surface area contributed by atoms with E-state index in [2.05, 4.69) is 19.2 Å². The average molecular weight is 295 g/mol. The van der Waals surface area contributed by atoms with Crippen molar-refractivity contribution in [2.24, 2.45) is 17.8 Å². The molecule has 21 heavy (non-hydrogen) atoms. The van der Waals surface area contributed by atoms with Crippen LogP contribution < -0.4 is 5.32 Å². The van der Waals surface area contributed by atoms with Gasteiger partial charge in [0.1, 0.15) is 5.92 Å². The molecule has 0 aliphatic carbocycles. The number of ether oxygens (including phenoxy) is 1. The van der Waals surface area contributed by atoms with E-state index >= 15 is 0 Å². The molecule has 0 aromatic heterocycles. The van der Waals surface area contributed by atoms with E-state index in [1.807, 2.05) is 6.92 Å². The number of nitrogens with one attached hydrogen (secondary N) is 1. The summed E-state index contributed by atoms with van der Waals surface area (Å²) in [5.41, 5.74) is 0. The molecule has 0 spiro atoms. The minimum atomic E-state index is -0.959. The van der Waals surface area contributed by atoms with Gasteiger partial charge in [0, 0.05) is 6.04 Å². The van der Waals surface area contributed by atoms with Gasteiger partial charge in [-0.15, -0.1) is 0 Å². The van der Waals surface area contributed by atoms with Crippen LogP contribution in [0.3, 0.4) is 0 Å². The molecule has 2 aliphatic rings. The molecule has 2 N–H and O–H groups in total. The molecule has 5 heteroatoms. The van der Waals surface area contributed by atoms with Crippen LogP contribution in [0.15, 0.2) is 12.2 Å². The van der Waals surface area contributed by atoms with Gasteiger partial charge in [-0.2, -0.15) is 0 Å². The van der Waals surface area contributed by atoms with Gasteiger partial charge in [-0.25, -0.2) is 0 Å². The Balaban J connectivity index is 1.88. The number of carbonyl (C=O) groups is 2. The van der Waals surface area contributed by atoms with E-state index in [0.717, 1.165) is 19.3 Å². The Bertz CT molecular complexity index is 432. The lowest BCUT2D eigenvalue weighted by Crippen LogP contribution is -2.45. The van der Waals surface area contributed by atoms with Gasteiger partial charge in [0.25, 0.3) is 0 Å². The van der Waals surface area contributed by atoms with Gasteiger partial charge >= 0.3 is 5.97 Å². The number of carbonyl (C=O) groups excluding carboxylic acids is 1. The first-order chi connectivity index (χ1) is 9.90. The van der Waals surface area contributed by atoms with E-state index < -0.39 is 23.9 Å². The van der Waals surface area contributed by atoms with Crippen LogP contribution in [0, 0.1) is 17.8 Å². The molecule has 118 valence electrons. The molecule has 5 nitrogen and oxygen atoms in total. The monoisotopic (exact) mass is 295 g/mol. The summed E-state index contributed by atoms with van der Waals surface area (Å²) < 4.78 is 5.52. The molecule has 2 bridgehead atoms. The molecule has 1 amide bonds. The molecule has 0 radical (unpaired) electrons. The molecular formula is C16H25NO4. The highest BCUT2D eigenvalue weighted by atomic mass is 16.5. The van der Waals surface area contributed by atoms with E-state index in [1.165, 1.54) is 0 Å². The summed E-state index contributed by atoms with van der Waals surface area (Å²) in [6, 6.07) is 0.0637. The Labute approximate surface area is 125 Å². The lowest BCUT2D eigenvalue weighted by Gasteiger charge is -2.23. The van der Waals surface area contributed by atoms with Gasteiger partial charge in [-0.3, -0.25) is 9.59 Å². The second kappa shape index (κ2) is 6.60. The fraction of sp³-hybridized carbons (Fsp3) is 0.750. The molecule has 2 heterocycles. The Morgan fingerprint density at radius 3 is 2.33 bits per heavy atom. The van der Waals surface area contributed by atoms with E-state index in [4.69, 9.17) is 4.74 Å². The van der Waals surface area contributed by atoms with E-state index in [9.17, 15) is 14.7 Å². The summed E-state index contributed by atoms with van der Waals surface area (Å²) in [7, 11) is 0. The first kappa shape index (κ1) is 16.0. The number of hydrogen-bond acceptors (Lipinski definition) is 3. The minimum Gasteiger partial charge on any atom is -0.481 e. The lowest BCUT2D eigenvalue weighted by molar-refractivity contribution is -0.146. The predicted molar refractivity (Wildman–Crippen MR) is 78.7 cm³/mol. The maximum Gasteiger partial charge on any atom is 0.310 e. The maximum absolute atomic E-state index is 12.4. The van der Waals surface area contributed by atoms with Crippen LogP contribution in [0.25, 0.3) is 0 Å². The van der Waals surface area contributed by atoms with Gasteiger partial charge in [0.15, 0.2) is 0 Å². The summed E-state index contributed by atoms with van der Waals surface area (Å²) in [6.07, 6.45) is 5.82. The first-order valence-corrected chi connectivity index (χ1v) is 7.77. The van der Waals surface area contributed by atoms with Crippen molar-refractivity contribution in [1.82, 2.24) is 5.32 Å². The molecule has 2 aliphatic heterocycles. The number of rotatable bonds is 7. The van der Waals surface area contributed by atoms with Crippen LogP contribution >= 0.6 is 0 Å². The molecule has 5 atom stereocenters. The van der Waals surface area contributed by atoms with Gasteiger partial charge < -0.3 is 15.2 Å². The Morgan fingerprint density at radius 1 is 1.14 bits per heavy atom. The molecule has 1 saturated heterocycles. The number of hydrogen-bond donors (Lipinski definition) is 2. The fourth-order valence-electron chi connectivity index (χ4n) is 3.16. The Morgan fingerprint density at radius 2 is 1.76 bits per heavy atom. The van der Waals surface area contributed by atoms with Crippen molar-refractivity contribution in [3.63, 3.8) is 0 Å². The van der Waals surface area contributed by atoms with Crippen LogP contribution in [0.4, 0.5) is 0 Å². The largest absolute Gasteiger partial charge is 0.481 e. The SMILES string of the molecule is CC(C)CCC[C@H](C)NC(=O)[C@@H]1[C@@H](C(=O)O)[C@@H]2C=C[C@@H]1O2. The van der Waals surface area contributed by atoms with E-state index in [-0.39, 0.29) is 18.1 Å². The van der Waals surface area contributed by atoms with Crippen LogP contribution in [-0.2, 0) is 14.3 Å². The molecule has 0 aromatic rings. The number of carboxylic acid groups (broad SMARTS) is 1. The highest BCUT2D eigenvalue weighted by molar-refractivity contribution is 5.87. The molecular weight excluding hydrogens is 270 g/mol. The van der Waals surface area contributed by atoms with Crippen LogP contribution in [0.5, 0.6) is 0 Å². The fourth-order valence-corrected chi connectivity index (χ4v) is 3.16. The topological polar surface area (TPSA) is 75.6 Å². The zero-order chi connectivity index (χ0) is 15.6. The van der Waals surface area contributed by atoms with Crippen LogP contribution in [0.2, 0.25) is 0 Å². The van der Waals surface area contributed by atoms with Crippen LogP contribution in [0.1, 0.15) is 40.0 Å². The Hall–Kier alpha value is -1.36. The smallest absolute Gasteiger partial charge is 0.310 e. The summed E-state index contributed by atoms with van der Waals surface area (Å²) >= 11 is 0. The van der Waals surface area contributed by atoms with Crippen molar-refractivity contribution >= 4 is 11.9 Å². The normalized spacial score (nSPS) is 31.6. The number of fused-ring (bicyclic) bond motifs is 2. The van der Waals surface area contributed by atoms with Crippen molar-refractivity contribution in [1.29, 1.82) is 0 Å².